The molecule has 2 nitrogen and oxygen atoms in total. The summed E-state index contributed by atoms with van der Waals surface area (Å²) in [4.78, 5) is 9.71. The predicted molar refractivity (Wildman–Crippen MR) is 96.3 cm³/mol. The first-order chi connectivity index (χ1) is 11.0. The van der Waals surface area contributed by atoms with Crippen molar-refractivity contribution < 1.29 is 0 Å². The largest absolute Gasteiger partial charge is 0.233 e. The second-order valence-electron chi connectivity index (χ2n) is 6.84. The maximum atomic E-state index is 4.93. The van der Waals surface area contributed by atoms with Crippen molar-refractivity contribution in [2.45, 2.75) is 33.1 Å². The number of rotatable bonds is 2. The molecule has 2 aromatic carbocycles. The lowest BCUT2D eigenvalue weighted by molar-refractivity contribution is 0.581. The fraction of sp³-hybridized carbons (Fsp3) is 0.238. The number of benzene rings is 2. The molecule has 0 N–H and O–H groups in total. The van der Waals surface area contributed by atoms with Crippen molar-refractivity contribution in [3.05, 3.63) is 71.9 Å². The molecule has 0 saturated carbocycles. The van der Waals surface area contributed by atoms with Gasteiger partial charge in [-0.25, -0.2) is 9.97 Å². The van der Waals surface area contributed by atoms with E-state index < -0.39 is 0 Å². The molecule has 0 bridgehead atoms. The zero-order valence-corrected chi connectivity index (χ0v) is 14.2. The molecule has 1 heterocycles. The Bertz CT molecular complexity index is 800. The van der Waals surface area contributed by atoms with E-state index in [2.05, 4.69) is 64.1 Å². The molecule has 0 aliphatic carbocycles. The molecule has 0 aliphatic rings. The highest BCUT2D eigenvalue weighted by Crippen LogP contribution is 2.34. The van der Waals surface area contributed by atoms with Crippen LogP contribution in [-0.4, -0.2) is 9.97 Å². The zero-order valence-electron chi connectivity index (χ0n) is 14.2. The molecular formula is C21H22N2. The fourth-order valence-electron chi connectivity index (χ4n) is 2.99. The van der Waals surface area contributed by atoms with Crippen LogP contribution in [0.4, 0.5) is 0 Å². The number of aromatic nitrogens is 2. The van der Waals surface area contributed by atoms with Crippen LogP contribution < -0.4 is 0 Å². The molecule has 0 unspecified atom stereocenters. The van der Waals surface area contributed by atoms with Crippen molar-refractivity contribution in [1.82, 2.24) is 9.97 Å². The van der Waals surface area contributed by atoms with E-state index in [0.717, 1.165) is 28.3 Å². The summed E-state index contributed by atoms with van der Waals surface area (Å²) in [5.41, 5.74) is 5.47. The van der Waals surface area contributed by atoms with Crippen LogP contribution in [0.2, 0.25) is 0 Å². The topological polar surface area (TPSA) is 25.8 Å². The van der Waals surface area contributed by atoms with Gasteiger partial charge in [0, 0.05) is 22.4 Å². The van der Waals surface area contributed by atoms with E-state index in [0.29, 0.717) is 0 Å². The van der Waals surface area contributed by atoms with Gasteiger partial charge in [-0.05, 0) is 12.3 Å². The van der Waals surface area contributed by atoms with Gasteiger partial charge >= 0.3 is 0 Å². The maximum Gasteiger partial charge on any atom is 0.160 e. The summed E-state index contributed by atoms with van der Waals surface area (Å²) in [5, 5.41) is 0. The van der Waals surface area contributed by atoms with Gasteiger partial charge < -0.3 is 0 Å². The third-order valence-electron chi connectivity index (χ3n) is 3.92. The van der Waals surface area contributed by atoms with Crippen LogP contribution in [0.5, 0.6) is 0 Å². The molecule has 0 aliphatic heterocycles. The monoisotopic (exact) mass is 302 g/mol. The van der Waals surface area contributed by atoms with Crippen molar-refractivity contribution in [2.24, 2.45) is 0 Å². The normalized spacial score (nSPS) is 11.5. The van der Waals surface area contributed by atoms with E-state index in [1.807, 2.05) is 24.3 Å². The van der Waals surface area contributed by atoms with E-state index in [1.54, 1.807) is 0 Å². The minimum atomic E-state index is -0.00945. The van der Waals surface area contributed by atoms with Crippen LogP contribution in [-0.2, 0) is 5.41 Å². The number of nitrogens with zero attached hydrogens (tertiary/aromatic N) is 2. The molecule has 0 saturated heterocycles. The molecule has 0 fully saturated rings. The molecule has 1 aromatic heterocycles. The summed E-state index contributed by atoms with van der Waals surface area (Å²) in [7, 11) is 0. The maximum absolute atomic E-state index is 4.93. The molecule has 23 heavy (non-hydrogen) atoms. The van der Waals surface area contributed by atoms with E-state index in [9.17, 15) is 0 Å². The van der Waals surface area contributed by atoms with Gasteiger partial charge in [0.15, 0.2) is 5.82 Å². The first-order valence-electron chi connectivity index (χ1n) is 7.97. The summed E-state index contributed by atoms with van der Waals surface area (Å²) in [6.45, 7) is 8.73. The Labute approximate surface area is 138 Å². The molecule has 0 amide bonds. The van der Waals surface area contributed by atoms with Crippen LogP contribution in [0.1, 0.15) is 32.0 Å². The van der Waals surface area contributed by atoms with Gasteiger partial charge in [-0.2, -0.15) is 0 Å². The van der Waals surface area contributed by atoms with Gasteiger partial charge in [-0.1, -0.05) is 81.4 Å². The summed E-state index contributed by atoms with van der Waals surface area (Å²) in [6, 6.07) is 20.5. The molecular weight excluding hydrogens is 280 g/mol. The number of hydrogen-bond acceptors (Lipinski definition) is 2. The van der Waals surface area contributed by atoms with E-state index >= 15 is 0 Å². The lowest BCUT2D eigenvalue weighted by Gasteiger charge is -2.25. The summed E-state index contributed by atoms with van der Waals surface area (Å²) in [5.74, 6) is 0.787. The second kappa shape index (κ2) is 5.96. The Morgan fingerprint density at radius 1 is 0.696 bits per heavy atom. The third-order valence-corrected chi connectivity index (χ3v) is 3.92. The number of hydrogen-bond donors (Lipinski definition) is 0. The average Bonchev–Trinajstić information content (AvgIpc) is 2.54. The van der Waals surface area contributed by atoms with Crippen molar-refractivity contribution >= 4 is 0 Å². The standard InChI is InChI=1S/C21H22N2/c1-15-18(21(2,3)4)19(16-11-7-5-8-12-16)23-20(22-15)17-13-9-6-10-14-17/h5-14H,1-4H3. The minimum Gasteiger partial charge on any atom is -0.233 e. The molecule has 0 spiro atoms. The highest BCUT2D eigenvalue weighted by Gasteiger charge is 2.24. The minimum absolute atomic E-state index is 0.00945. The highest BCUT2D eigenvalue weighted by molar-refractivity contribution is 5.69. The summed E-state index contributed by atoms with van der Waals surface area (Å²) in [6.07, 6.45) is 0. The van der Waals surface area contributed by atoms with E-state index in [4.69, 9.17) is 9.97 Å². The van der Waals surface area contributed by atoms with Gasteiger partial charge in [0.05, 0.1) is 5.69 Å². The van der Waals surface area contributed by atoms with Crippen LogP contribution in [0, 0.1) is 6.92 Å². The second-order valence-corrected chi connectivity index (χ2v) is 6.84. The van der Waals surface area contributed by atoms with Crippen LogP contribution in [0.25, 0.3) is 22.6 Å². The smallest absolute Gasteiger partial charge is 0.160 e. The molecule has 0 atom stereocenters. The van der Waals surface area contributed by atoms with Gasteiger partial charge in [-0.15, -0.1) is 0 Å². The zero-order chi connectivity index (χ0) is 16.4. The molecule has 116 valence electrons. The average molecular weight is 302 g/mol. The summed E-state index contributed by atoms with van der Waals surface area (Å²) < 4.78 is 0. The van der Waals surface area contributed by atoms with Gasteiger partial charge in [-0.3, -0.25) is 0 Å². The van der Waals surface area contributed by atoms with Gasteiger partial charge in [0.1, 0.15) is 0 Å². The highest BCUT2D eigenvalue weighted by atomic mass is 14.9. The lowest BCUT2D eigenvalue weighted by atomic mass is 9.83. The van der Waals surface area contributed by atoms with Crippen LogP contribution >= 0.6 is 0 Å². The number of aryl methyl sites for hydroxylation is 1. The molecule has 2 heteroatoms. The summed E-state index contributed by atoms with van der Waals surface area (Å²) >= 11 is 0. The Hall–Kier alpha value is -2.48. The van der Waals surface area contributed by atoms with Crippen molar-refractivity contribution in [1.29, 1.82) is 0 Å². The molecule has 3 rings (SSSR count). The predicted octanol–water partition coefficient (Wildman–Crippen LogP) is 5.42. The van der Waals surface area contributed by atoms with Crippen LogP contribution in [0.15, 0.2) is 60.7 Å². The van der Waals surface area contributed by atoms with Gasteiger partial charge in [0.25, 0.3) is 0 Å². The molecule has 0 radical (unpaired) electrons. The van der Waals surface area contributed by atoms with Crippen molar-refractivity contribution in [2.75, 3.05) is 0 Å². The van der Waals surface area contributed by atoms with Crippen LogP contribution in [0.3, 0.4) is 0 Å². The Kier molecular flexibility index (Phi) is 3.99. The lowest BCUT2D eigenvalue weighted by Crippen LogP contribution is -2.17. The van der Waals surface area contributed by atoms with Crippen molar-refractivity contribution in [3.63, 3.8) is 0 Å². The third kappa shape index (κ3) is 3.16. The Balaban J connectivity index is 2.28. The SMILES string of the molecule is Cc1nc(-c2ccccc2)nc(-c2ccccc2)c1C(C)(C)C. The Morgan fingerprint density at radius 2 is 1.22 bits per heavy atom. The first kappa shape index (κ1) is 15.4. The quantitative estimate of drug-likeness (QED) is 0.632. The van der Waals surface area contributed by atoms with Crippen molar-refractivity contribution in [3.8, 4) is 22.6 Å². The van der Waals surface area contributed by atoms with Gasteiger partial charge in [0.2, 0.25) is 0 Å². The fourth-order valence-corrected chi connectivity index (χ4v) is 2.99. The Morgan fingerprint density at radius 3 is 1.74 bits per heavy atom. The van der Waals surface area contributed by atoms with E-state index in [-0.39, 0.29) is 5.41 Å². The van der Waals surface area contributed by atoms with E-state index in [1.165, 1.54) is 5.56 Å². The molecule has 3 aromatic rings. The first-order valence-corrected chi connectivity index (χ1v) is 7.97.